The lowest BCUT2D eigenvalue weighted by Crippen LogP contribution is -2.37. The van der Waals surface area contributed by atoms with Crippen molar-refractivity contribution < 1.29 is 18.0 Å². The number of nitrogens with zero attached hydrogens (tertiary/aromatic N) is 1. The molecular weight excluding hydrogens is 291 g/mol. The van der Waals surface area contributed by atoms with Gasteiger partial charge in [0.25, 0.3) is 0 Å². The summed E-state index contributed by atoms with van der Waals surface area (Å²) in [4.78, 5) is 13.1. The van der Waals surface area contributed by atoms with E-state index < -0.39 is 11.7 Å². The third-order valence-electron chi connectivity index (χ3n) is 3.63. The highest BCUT2D eigenvalue weighted by molar-refractivity contribution is 6.31. The highest BCUT2D eigenvalue weighted by Gasteiger charge is 2.34. The lowest BCUT2D eigenvalue weighted by atomic mass is 9.89. The number of hydrogen-bond donors (Lipinski definition) is 0. The van der Waals surface area contributed by atoms with Crippen molar-refractivity contribution in [1.82, 2.24) is 4.90 Å². The third-order valence-corrected chi connectivity index (χ3v) is 3.96. The second-order valence-electron chi connectivity index (χ2n) is 5.04. The fourth-order valence-electron chi connectivity index (χ4n) is 2.55. The molecule has 1 atom stereocenters. The maximum absolute atomic E-state index is 12.9. The van der Waals surface area contributed by atoms with Gasteiger partial charge >= 0.3 is 6.18 Å². The maximum atomic E-state index is 12.9. The Labute approximate surface area is 120 Å². The average Bonchev–Trinajstić information content (AvgIpc) is 2.38. The molecule has 0 N–H and O–H groups in total. The molecule has 0 aromatic heterocycles. The van der Waals surface area contributed by atoms with E-state index in [1.54, 1.807) is 11.0 Å². The molecule has 1 aromatic carbocycles. The molecule has 20 heavy (non-hydrogen) atoms. The van der Waals surface area contributed by atoms with Crippen LogP contribution in [-0.4, -0.2) is 23.9 Å². The minimum absolute atomic E-state index is 0.0419. The Morgan fingerprint density at radius 3 is 2.70 bits per heavy atom. The monoisotopic (exact) mass is 305 g/mol. The predicted molar refractivity (Wildman–Crippen MR) is 70.7 cm³/mol. The molecule has 1 fully saturated rings. The molecule has 1 saturated heterocycles. The first-order chi connectivity index (χ1) is 9.29. The lowest BCUT2D eigenvalue weighted by Gasteiger charge is -2.32. The topological polar surface area (TPSA) is 20.3 Å². The van der Waals surface area contributed by atoms with Gasteiger partial charge in [0, 0.05) is 25.9 Å². The Kier molecular flexibility index (Phi) is 4.28. The summed E-state index contributed by atoms with van der Waals surface area (Å²) in [6, 6.07) is 4.01. The van der Waals surface area contributed by atoms with Crippen molar-refractivity contribution in [1.29, 1.82) is 0 Å². The van der Waals surface area contributed by atoms with Gasteiger partial charge in [-0.2, -0.15) is 13.2 Å². The highest BCUT2D eigenvalue weighted by Crippen LogP contribution is 2.37. The number of amides is 1. The second kappa shape index (κ2) is 5.64. The fraction of sp³-hybridized carbons (Fsp3) is 0.500. The maximum Gasteiger partial charge on any atom is 0.417 e. The van der Waals surface area contributed by atoms with Gasteiger partial charge in [-0.25, -0.2) is 0 Å². The number of halogens is 4. The summed E-state index contributed by atoms with van der Waals surface area (Å²) in [7, 11) is 0. The number of rotatable bonds is 1. The van der Waals surface area contributed by atoms with Gasteiger partial charge in [0.15, 0.2) is 0 Å². The molecule has 1 amide bonds. The number of carbonyl (C=O) groups is 1. The number of likely N-dealkylation sites (tertiary alicyclic amines) is 1. The molecule has 1 heterocycles. The van der Waals surface area contributed by atoms with Gasteiger partial charge in [-0.15, -0.1) is 0 Å². The van der Waals surface area contributed by atoms with Crippen molar-refractivity contribution >= 4 is 17.5 Å². The zero-order valence-corrected chi connectivity index (χ0v) is 11.8. The number of benzene rings is 1. The first-order valence-corrected chi connectivity index (χ1v) is 6.79. The summed E-state index contributed by atoms with van der Waals surface area (Å²) in [5, 5.41) is -0.291. The molecule has 1 aromatic rings. The minimum Gasteiger partial charge on any atom is -0.342 e. The van der Waals surface area contributed by atoms with Gasteiger partial charge in [0.05, 0.1) is 10.6 Å². The van der Waals surface area contributed by atoms with Crippen LogP contribution in [0.1, 0.15) is 36.8 Å². The van der Waals surface area contributed by atoms with Crippen molar-refractivity contribution in [2.75, 3.05) is 13.1 Å². The molecule has 110 valence electrons. The van der Waals surface area contributed by atoms with Crippen LogP contribution in [0.3, 0.4) is 0 Å². The number of alkyl halides is 3. The van der Waals surface area contributed by atoms with Crippen LogP contribution in [-0.2, 0) is 11.0 Å². The molecule has 0 radical (unpaired) electrons. The molecule has 1 unspecified atom stereocenters. The Hall–Kier alpha value is -1.23. The first kappa shape index (κ1) is 15.2. The average molecular weight is 306 g/mol. The molecule has 0 bridgehead atoms. The van der Waals surface area contributed by atoms with E-state index in [4.69, 9.17) is 11.6 Å². The number of hydrogen-bond acceptors (Lipinski definition) is 1. The van der Waals surface area contributed by atoms with Gasteiger partial charge in [-0.05, 0) is 30.5 Å². The molecular formula is C14H15ClF3NO. The molecule has 2 rings (SSSR count). The van der Waals surface area contributed by atoms with E-state index >= 15 is 0 Å². The van der Waals surface area contributed by atoms with Gasteiger partial charge in [0.1, 0.15) is 0 Å². The summed E-state index contributed by atoms with van der Waals surface area (Å²) < 4.78 is 38.6. The Bertz CT molecular complexity index is 516. The van der Waals surface area contributed by atoms with Crippen molar-refractivity contribution in [3.63, 3.8) is 0 Å². The van der Waals surface area contributed by atoms with E-state index in [1.165, 1.54) is 13.0 Å². The van der Waals surface area contributed by atoms with Crippen LogP contribution >= 0.6 is 11.6 Å². The molecule has 0 saturated carbocycles. The van der Waals surface area contributed by atoms with E-state index in [0.717, 1.165) is 18.9 Å². The Balaban J connectivity index is 2.27. The quantitative estimate of drug-likeness (QED) is 0.765. The third kappa shape index (κ3) is 3.26. The molecule has 1 aliphatic rings. The first-order valence-electron chi connectivity index (χ1n) is 6.41. The van der Waals surface area contributed by atoms with Crippen LogP contribution in [0.25, 0.3) is 0 Å². The fourth-order valence-corrected chi connectivity index (χ4v) is 2.77. The smallest absolute Gasteiger partial charge is 0.342 e. The van der Waals surface area contributed by atoms with Crippen LogP contribution in [0.4, 0.5) is 13.2 Å². The SMILES string of the molecule is CC(=O)N1CCCC(c2ccc(Cl)c(C(F)(F)F)c2)C1. The lowest BCUT2D eigenvalue weighted by molar-refractivity contribution is -0.137. The molecule has 2 nitrogen and oxygen atoms in total. The molecule has 0 aliphatic carbocycles. The Morgan fingerprint density at radius 1 is 1.40 bits per heavy atom. The predicted octanol–water partition coefficient (Wildman–Crippen LogP) is 4.08. The summed E-state index contributed by atoms with van der Waals surface area (Å²) in [6.07, 6.45) is -2.88. The standard InChI is InChI=1S/C14H15ClF3NO/c1-9(20)19-6-2-3-11(8-19)10-4-5-13(15)12(7-10)14(16,17)18/h4-5,7,11H,2-3,6,8H2,1H3. The van der Waals surface area contributed by atoms with Gasteiger partial charge in [-0.3, -0.25) is 4.79 Å². The van der Waals surface area contributed by atoms with E-state index in [-0.39, 0.29) is 16.8 Å². The summed E-state index contributed by atoms with van der Waals surface area (Å²) in [6.45, 7) is 2.62. The van der Waals surface area contributed by atoms with E-state index in [0.29, 0.717) is 18.7 Å². The van der Waals surface area contributed by atoms with Crippen molar-refractivity contribution in [2.45, 2.75) is 31.9 Å². The molecule has 6 heteroatoms. The van der Waals surface area contributed by atoms with Crippen LogP contribution in [0.15, 0.2) is 18.2 Å². The van der Waals surface area contributed by atoms with Gasteiger partial charge in [-0.1, -0.05) is 17.7 Å². The number of carbonyl (C=O) groups excluding carboxylic acids is 1. The minimum atomic E-state index is -4.46. The number of piperidine rings is 1. The van der Waals surface area contributed by atoms with Crippen LogP contribution in [0.2, 0.25) is 5.02 Å². The highest BCUT2D eigenvalue weighted by atomic mass is 35.5. The summed E-state index contributed by atoms with van der Waals surface area (Å²) in [5.74, 6) is -0.106. The summed E-state index contributed by atoms with van der Waals surface area (Å²) in [5.41, 5.74) is -0.218. The van der Waals surface area contributed by atoms with Crippen molar-refractivity contribution in [3.8, 4) is 0 Å². The largest absolute Gasteiger partial charge is 0.417 e. The zero-order chi connectivity index (χ0) is 14.9. The van der Waals surface area contributed by atoms with E-state index in [9.17, 15) is 18.0 Å². The molecule has 1 aliphatic heterocycles. The molecule has 0 spiro atoms. The second-order valence-corrected chi connectivity index (χ2v) is 5.45. The van der Waals surface area contributed by atoms with E-state index in [1.807, 2.05) is 0 Å². The van der Waals surface area contributed by atoms with Crippen LogP contribution in [0.5, 0.6) is 0 Å². The van der Waals surface area contributed by atoms with Crippen molar-refractivity contribution in [2.24, 2.45) is 0 Å². The summed E-state index contributed by atoms with van der Waals surface area (Å²) >= 11 is 5.61. The zero-order valence-electron chi connectivity index (χ0n) is 11.0. The van der Waals surface area contributed by atoms with Crippen LogP contribution < -0.4 is 0 Å². The van der Waals surface area contributed by atoms with Gasteiger partial charge < -0.3 is 4.90 Å². The van der Waals surface area contributed by atoms with Crippen molar-refractivity contribution in [3.05, 3.63) is 34.3 Å². The normalized spacial score (nSPS) is 20.1. The van der Waals surface area contributed by atoms with E-state index in [2.05, 4.69) is 0 Å². The van der Waals surface area contributed by atoms with Crippen LogP contribution in [0, 0.1) is 0 Å². The Morgan fingerprint density at radius 2 is 2.10 bits per heavy atom. The van der Waals surface area contributed by atoms with Gasteiger partial charge in [0.2, 0.25) is 5.91 Å².